The van der Waals surface area contributed by atoms with E-state index in [1.54, 1.807) is 24.3 Å². The molecule has 0 saturated carbocycles. The minimum atomic E-state index is -0.0955. The van der Waals surface area contributed by atoms with Gasteiger partial charge in [-0.2, -0.15) is 0 Å². The summed E-state index contributed by atoms with van der Waals surface area (Å²) in [5.41, 5.74) is 2.77. The van der Waals surface area contributed by atoms with Crippen molar-refractivity contribution in [1.82, 2.24) is 15.2 Å². The van der Waals surface area contributed by atoms with E-state index in [1.807, 2.05) is 24.3 Å². The number of carbonyl (C=O) groups excluding carboxylic acids is 1. The number of nitrogens with one attached hydrogen (secondary N) is 2. The lowest BCUT2D eigenvalue weighted by atomic mass is 10.1. The van der Waals surface area contributed by atoms with Crippen molar-refractivity contribution in [3.63, 3.8) is 0 Å². The predicted molar refractivity (Wildman–Crippen MR) is 98.7 cm³/mol. The van der Waals surface area contributed by atoms with Gasteiger partial charge in [-0.25, -0.2) is 4.98 Å². The van der Waals surface area contributed by atoms with Gasteiger partial charge >= 0.3 is 0 Å². The predicted octanol–water partition coefficient (Wildman–Crippen LogP) is 3.47. The van der Waals surface area contributed by atoms with Crippen molar-refractivity contribution in [2.75, 3.05) is 11.1 Å². The van der Waals surface area contributed by atoms with Crippen molar-refractivity contribution in [2.45, 2.75) is 18.5 Å². The molecule has 25 heavy (non-hydrogen) atoms. The number of carbonyl (C=O) groups is 1. The van der Waals surface area contributed by atoms with Gasteiger partial charge in [-0.15, -0.1) is 5.10 Å². The quantitative estimate of drug-likeness (QED) is 0.590. The third-order valence-corrected chi connectivity index (χ3v) is 4.46. The Kier molecular flexibility index (Phi) is 5.35. The van der Waals surface area contributed by atoms with Gasteiger partial charge in [0.05, 0.1) is 5.75 Å². The lowest BCUT2D eigenvalue weighted by Gasteiger charge is -2.08. The van der Waals surface area contributed by atoms with Gasteiger partial charge in [0.1, 0.15) is 5.75 Å². The number of phenols is 1. The minimum Gasteiger partial charge on any atom is -0.508 e. The van der Waals surface area contributed by atoms with E-state index in [-0.39, 0.29) is 17.4 Å². The van der Waals surface area contributed by atoms with Gasteiger partial charge in [0.2, 0.25) is 11.1 Å². The zero-order valence-electron chi connectivity index (χ0n) is 13.7. The molecule has 2 aromatic carbocycles. The van der Waals surface area contributed by atoms with Crippen LogP contribution in [0.3, 0.4) is 0 Å². The van der Waals surface area contributed by atoms with Crippen LogP contribution in [0.25, 0.3) is 11.4 Å². The molecule has 1 amide bonds. The normalized spacial score (nSPS) is 10.6. The molecule has 1 aromatic heterocycles. The Morgan fingerprint density at radius 2 is 1.96 bits per heavy atom. The van der Waals surface area contributed by atoms with E-state index in [0.717, 1.165) is 23.2 Å². The smallest absolute Gasteiger partial charge is 0.234 e. The fourth-order valence-electron chi connectivity index (χ4n) is 2.33. The second-order valence-corrected chi connectivity index (χ2v) is 6.30. The van der Waals surface area contributed by atoms with E-state index >= 15 is 0 Å². The van der Waals surface area contributed by atoms with Crippen LogP contribution in [-0.4, -0.2) is 31.9 Å². The minimum absolute atomic E-state index is 0.0955. The first kappa shape index (κ1) is 17.0. The number of aromatic hydroxyl groups is 1. The Labute approximate surface area is 149 Å². The highest BCUT2D eigenvalue weighted by atomic mass is 32.2. The average molecular weight is 354 g/mol. The number of aromatic amines is 1. The molecule has 0 atom stereocenters. The Bertz CT molecular complexity index is 862. The summed E-state index contributed by atoms with van der Waals surface area (Å²) < 4.78 is 0. The van der Waals surface area contributed by atoms with E-state index in [4.69, 9.17) is 0 Å². The summed E-state index contributed by atoms with van der Waals surface area (Å²) in [6.07, 6.45) is 0.862. The molecule has 0 aliphatic heterocycles. The molecular formula is C18H18N4O2S. The number of aryl methyl sites for hydroxylation is 1. The van der Waals surface area contributed by atoms with Crippen molar-refractivity contribution in [2.24, 2.45) is 0 Å². The van der Waals surface area contributed by atoms with Gasteiger partial charge in [-0.1, -0.05) is 36.9 Å². The monoisotopic (exact) mass is 354 g/mol. The highest BCUT2D eigenvalue weighted by molar-refractivity contribution is 7.99. The number of para-hydroxylation sites is 1. The molecule has 0 spiro atoms. The zero-order valence-corrected chi connectivity index (χ0v) is 14.5. The molecule has 0 saturated heterocycles. The van der Waals surface area contributed by atoms with Crippen molar-refractivity contribution in [3.05, 3.63) is 54.1 Å². The maximum Gasteiger partial charge on any atom is 0.234 e. The summed E-state index contributed by atoms with van der Waals surface area (Å²) in [7, 11) is 0. The highest BCUT2D eigenvalue weighted by Crippen LogP contribution is 2.22. The fraction of sp³-hybridized carbons (Fsp3) is 0.167. The first-order chi connectivity index (χ1) is 12.2. The number of aromatic nitrogens is 3. The topological polar surface area (TPSA) is 90.9 Å². The first-order valence-electron chi connectivity index (χ1n) is 7.88. The molecule has 0 fully saturated rings. The van der Waals surface area contributed by atoms with Gasteiger partial charge < -0.3 is 10.4 Å². The number of thioether (sulfide) groups is 1. The van der Waals surface area contributed by atoms with Crippen molar-refractivity contribution < 1.29 is 9.90 Å². The van der Waals surface area contributed by atoms with Gasteiger partial charge in [0.15, 0.2) is 5.82 Å². The van der Waals surface area contributed by atoms with E-state index in [0.29, 0.717) is 11.0 Å². The third-order valence-electron chi connectivity index (χ3n) is 3.61. The second-order valence-electron chi connectivity index (χ2n) is 5.36. The van der Waals surface area contributed by atoms with Crippen LogP contribution < -0.4 is 5.32 Å². The largest absolute Gasteiger partial charge is 0.508 e. The SMILES string of the molecule is CCc1ccccc1NC(=O)CSc1n[nH]c(-c2ccc(O)cc2)n1. The zero-order chi connectivity index (χ0) is 17.6. The highest BCUT2D eigenvalue weighted by Gasteiger charge is 2.10. The van der Waals surface area contributed by atoms with Crippen molar-refractivity contribution in [1.29, 1.82) is 0 Å². The van der Waals surface area contributed by atoms with Crippen LogP contribution in [0.2, 0.25) is 0 Å². The lowest BCUT2D eigenvalue weighted by Crippen LogP contribution is -2.15. The number of phenolic OH excluding ortho intramolecular Hbond substituents is 1. The molecule has 0 aliphatic carbocycles. The molecule has 7 heteroatoms. The Morgan fingerprint density at radius 3 is 2.72 bits per heavy atom. The second kappa shape index (κ2) is 7.85. The first-order valence-corrected chi connectivity index (χ1v) is 8.86. The number of H-pyrrole nitrogens is 1. The van der Waals surface area contributed by atoms with E-state index in [2.05, 4.69) is 27.4 Å². The fourth-order valence-corrected chi connectivity index (χ4v) is 2.92. The van der Waals surface area contributed by atoms with E-state index in [9.17, 15) is 9.90 Å². The molecule has 6 nitrogen and oxygen atoms in total. The summed E-state index contributed by atoms with van der Waals surface area (Å²) >= 11 is 1.26. The van der Waals surface area contributed by atoms with Crippen LogP contribution in [0.1, 0.15) is 12.5 Å². The molecule has 0 unspecified atom stereocenters. The van der Waals surface area contributed by atoms with Crippen LogP contribution >= 0.6 is 11.8 Å². The summed E-state index contributed by atoms with van der Waals surface area (Å²) in [6, 6.07) is 14.4. The maximum atomic E-state index is 12.1. The standard InChI is InChI=1S/C18H18N4O2S/c1-2-12-5-3-4-6-15(12)19-16(24)11-25-18-20-17(21-22-18)13-7-9-14(23)10-8-13/h3-10,23H,2,11H2,1H3,(H,19,24)(H,20,21,22). The number of hydrogen-bond acceptors (Lipinski definition) is 5. The maximum absolute atomic E-state index is 12.1. The van der Waals surface area contributed by atoms with E-state index < -0.39 is 0 Å². The van der Waals surface area contributed by atoms with Crippen LogP contribution in [0.4, 0.5) is 5.69 Å². The van der Waals surface area contributed by atoms with Gasteiger partial charge in [0, 0.05) is 11.3 Å². The Balaban J connectivity index is 1.58. The molecule has 0 radical (unpaired) electrons. The molecule has 0 bridgehead atoms. The number of anilines is 1. The number of amides is 1. The summed E-state index contributed by atoms with van der Waals surface area (Å²) in [4.78, 5) is 16.5. The van der Waals surface area contributed by atoms with Crippen molar-refractivity contribution >= 4 is 23.4 Å². The molecule has 128 valence electrons. The third kappa shape index (κ3) is 4.39. The number of benzene rings is 2. The summed E-state index contributed by atoms with van der Waals surface area (Å²) in [5, 5.41) is 19.7. The molecule has 3 aromatic rings. The lowest BCUT2D eigenvalue weighted by molar-refractivity contribution is -0.113. The van der Waals surface area contributed by atoms with Crippen LogP contribution in [0.5, 0.6) is 5.75 Å². The van der Waals surface area contributed by atoms with Gasteiger partial charge in [-0.3, -0.25) is 9.89 Å². The van der Waals surface area contributed by atoms with Crippen molar-refractivity contribution in [3.8, 4) is 17.1 Å². The van der Waals surface area contributed by atoms with Gasteiger partial charge in [0.25, 0.3) is 0 Å². The Morgan fingerprint density at radius 1 is 1.20 bits per heavy atom. The molecule has 3 rings (SSSR count). The summed E-state index contributed by atoms with van der Waals surface area (Å²) in [6.45, 7) is 2.05. The van der Waals surface area contributed by atoms with Crippen LogP contribution in [-0.2, 0) is 11.2 Å². The average Bonchev–Trinajstić information content (AvgIpc) is 3.10. The Hall–Kier alpha value is -2.80. The molecule has 3 N–H and O–H groups in total. The number of rotatable bonds is 6. The van der Waals surface area contributed by atoms with Crippen LogP contribution in [0, 0.1) is 0 Å². The van der Waals surface area contributed by atoms with Gasteiger partial charge in [-0.05, 0) is 42.3 Å². The molecular weight excluding hydrogens is 336 g/mol. The number of nitrogens with zero attached hydrogens (tertiary/aromatic N) is 2. The summed E-state index contributed by atoms with van der Waals surface area (Å²) in [5.74, 6) is 0.924. The molecule has 0 aliphatic rings. The number of hydrogen-bond donors (Lipinski definition) is 3. The van der Waals surface area contributed by atoms with E-state index in [1.165, 1.54) is 11.8 Å². The molecule has 1 heterocycles. The van der Waals surface area contributed by atoms with Crippen LogP contribution in [0.15, 0.2) is 53.7 Å².